The number of hydrogen-bond acceptors (Lipinski definition) is 3. The molecule has 1 aliphatic rings. The molecule has 0 saturated carbocycles. The molecule has 0 radical (unpaired) electrons. The molecular formula is C17H27NO3S. The van der Waals surface area contributed by atoms with Crippen LogP contribution in [0.3, 0.4) is 0 Å². The van der Waals surface area contributed by atoms with Gasteiger partial charge in [0.15, 0.2) is 0 Å². The molecule has 1 saturated heterocycles. The van der Waals surface area contributed by atoms with Crippen LogP contribution >= 0.6 is 0 Å². The standard InChI is InChI=1S/C17H27NO3S/c1-12(2)15-11-17(14(4)10-16(15)21-5)22(19,20)18-8-6-13(3)7-9-18/h10-13H,6-9H2,1-5H3. The van der Waals surface area contributed by atoms with Crippen molar-refractivity contribution in [3.63, 3.8) is 0 Å². The number of piperidine rings is 1. The molecule has 22 heavy (non-hydrogen) atoms. The monoisotopic (exact) mass is 325 g/mol. The second-order valence-corrected chi connectivity index (χ2v) is 8.51. The first-order valence-corrected chi connectivity index (χ1v) is 9.40. The molecule has 0 amide bonds. The highest BCUT2D eigenvalue weighted by Gasteiger charge is 2.30. The molecule has 0 unspecified atom stereocenters. The highest BCUT2D eigenvalue weighted by atomic mass is 32.2. The maximum absolute atomic E-state index is 13.0. The van der Waals surface area contributed by atoms with Crippen molar-refractivity contribution < 1.29 is 13.2 Å². The fraction of sp³-hybridized carbons (Fsp3) is 0.647. The van der Waals surface area contributed by atoms with E-state index in [9.17, 15) is 8.42 Å². The van der Waals surface area contributed by atoms with E-state index >= 15 is 0 Å². The van der Waals surface area contributed by atoms with Gasteiger partial charge in [0.1, 0.15) is 5.75 Å². The van der Waals surface area contributed by atoms with Gasteiger partial charge in [-0.15, -0.1) is 0 Å². The van der Waals surface area contributed by atoms with Gasteiger partial charge in [0.2, 0.25) is 10.0 Å². The summed E-state index contributed by atoms with van der Waals surface area (Å²) in [4.78, 5) is 0.423. The van der Waals surface area contributed by atoms with Crippen molar-refractivity contribution in [1.29, 1.82) is 0 Å². The van der Waals surface area contributed by atoms with Gasteiger partial charge in [-0.2, -0.15) is 4.31 Å². The molecule has 1 heterocycles. The summed E-state index contributed by atoms with van der Waals surface area (Å²) in [5.74, 6) is 1.58. The Morgan fingerprint density at radius 2 is 1.82 bits per heavy atom. The molecule has 0 aromatic heterocycles. The first kappa shape index (κ1) is 17.3. The lowest BCUT2D eigenvalue weighted by atomic mass is 10.0. The van der Waals surface area contributed by atoms with Gasteiger partial charge >= 0.3 is 0 Å². The van der Waals surface area contributed by atoms with E-state index in [-0.39, 0.29) is 5.92 Å². The van der Waals surface area contributed by atoms with E-state index in [1.165, 1.54) is 0 Å². The zero-order chi connectivity index (χ0) is 16.5. The van der Waals surface area contributed by atoms with E-state index in [0.717, 1.165) is 29.7 Å². The zero-order valence-electron chi connectivity index (χ0n) is 14.2. The summed E-state index contributed by atoms with van der Waals surface area (Å²) in [5.41, 5.74) is 1.69. The molecule has 1 aromatic carbocycles. The van der Waals surface area contributed by atoms with E-state index in [1.54, 1.807) is 17.5 Å². The Bertz CT molecular complexity index is 630. The van der Waals surface area contributed by atoms with E-state index in [4.69, 9.17) is 4.74 Å². The third-order valence-corrected chi connectivity index (χ3v) is 6.55. The van der Waals surface area contributed by atoms with Crippen LogP contribution in [0.4, 0.5) is 0 Å². The summed E-state index contributed by atoms with van der Waals surface area (Å²) in [7, 11) is -1.79. The third-order valence-electron chi connectivity index (χ3n) is 4.51. The first-order valence-electron chi connectivity index (χ1n) is 7.96. The van der Waals surface area contributed by atoms with Gasteiger partial charge in [-0.1, -0.05) is 20.8 Å². The average molecular weight is 325 g/mol. The Morgan fingerprint density at radius 3 is 2.32 bits per heavy atom. The van der Waals surface area contributed by atoms with Crippen LogP contribution in [-0.2, 0) is 10.0 Å². The number of methoxy groups -OCH3 is 1. The number of aryl methyl sites for hydroxylation is 1. The molecule has 0 spiro atoms. The Balaban J connectivity index is 2.44. The predicted molar refractivity (Wildman–Crippen MR) is 89.0 cm³/mol. The van der Waals surface area contributed by atoms with Gasteiger partial charge in [0, 0.05) is 13.1 Å². The van der Waals surface area contributed by atoms with Crippen LogP contribution in [0.25, 0.3) is 0 Å². The van der Waals surface area contributed by atoms with Crippen molar-refractivity contribution >= 4 is 10.0 Å². The van der Waals surface area contributed by atoms with Gasteiger partial charge in [-0.3, -0.25) is 0 Å². The minimum absolute atomic E-state index is 0.214. The summed E-state index contributed by atoms with van der Waals surface area (Å²) < 4.78 is 33.0. The number of sulfonamides is 1. The predicted octanol–water partition coefficient (Wildman–Crippen LogP) is 3.55. The smallest absolute Gasteiger partial charge is 0.243 e. The number of benzene rings is 1. The van der Waals surface area contributed by atoms with Crippen molar-refractivity contribution in [3.05, 3.63) is 23.3 Å². The number of ether oxygens (including phenoxy) is 1. The highest BCUT2D eigenvalue weighted by Crippen LogP contribution is 2.33. The number of nitrogens with zero attached hydrogens (tertiary/aromatic N) is 1. The van der Waals surface area contributed by atoms with E-state index in [1.807, 2.05) is 26.8 Å². The molecule has 0 atom stereocenters. The minimum Gasteiger partial charge on any atom is -0.496 e. The van der Waals surface area contributed by atoms with Gasteiger partial charge in [0.25, 0.3) is 0 Å². The van der Waals surface area contributed by atoms with Crippen LogP contribution in [-0.4, -0.2) is 32.9 Å². The second kappa shape index (κ2) is 6.59. The van der Waals surface area contributed by atoms with Crippen molar-refractivity contribution in [3.8, 4) is 5.75 Å². The van der Waals surface area contributed by atoms with Gasteiger partial charge in [-0.05, 0) is 54.9 Å². The van der Waals surface area contributed by atoms with Crippen LogP contribution in [0.5, 0.6) is 5.75 Å². The van der Waals surface area contributed by atoms with Gasteiger partial charge in [0.05, 0.1) is 12.0 Å². The largest absolute Gasteiger partial charge is 0.496 e. The topological polar surface area (TPSA) is 46.6 Å². The van der Waals surface area contributed by atoms with E-state index < -0.39 is 10.0 Å². The molecular weight excluding hydrogens is 298 g/mol. The Labute approximate surface area is 134 Å². The number of hydrogen-bond donors (Lipinski definition) is 0. The Morgan fingerprint density at radius 1 is 1.23 bits per heavy atom. The molecule has 1 aromatic rings. The average Bonchev–Trinajstić information content (AvgIpc) is 2.46. The molecule has 0 bridgehead atoms. The zero-order valence-corrected chi connectivity index (χ0v) is 15.0. The maximum Gasteiger partial charge on any atom is 0.243 e. The van der Waals surface area contributed by atoms with E-state index in [2.05, 4.69) is 6.92 Å². The first-order chi connectivity index (χ1) is 10.3. The molecule has 5 heteroatoms. The quantitative estimate of drug-likeness (QED) is 0.850. The summed E-state index contributed by atoms with van der Waals surface area (Å²) in [6.07, 6.45) is 1.87. The van der Waals surface area contributed by atoms with Crippen LogP contribution in [0.1, 0.15) is 50.7 Å². The molecule has 0 aliphatic carbocycles. The van der Waals surface area contributed by atoms with Gasteiger partial charge < -0.3 is 4.74 Å². The SMILES string of the molecule is COc1cc(C)c(S(=O)(=O)N2CCC(C)CC2)cc1C(C)C. The van der Waals surface area contributed by atoms with Crippen LogP contribution in [0.2, 0.25) is 0 Å². The third kappa shape index (κ3) is 3.30. The van der Waals surface area contributed by atoms with Crippen LogP contribution in [0, 0.1) is 12.8 Å². The Kier molecular flexibility index (Phi) is 5.17. The molecule has 1 fully saturated rings. The fourth-order valence-electron chi connectivity index (χ4n) is 2.95. The highest BCUT2D eigenvalue weighted by molar-refractivity contribution is 7.89. The lowest BCUT2D eigenvalue weighted by Gasteiger charge is -2.30. The van der Waals surface area contributed by atoms with Gasteiger partial charge in [-0.25, -0.2) is 8.42 Å². The fourth-order valence-corrected chi connectivity index (χ4v) is 4.66. The lowest BCUT2D eigenvalue weighted by Crippen LogP contribution is -2.38. The second-order valence-electron chi connectivity index (χ2n) is 6.60. The van der Waals surface area contributed by atoms with Crippen molar-refractivity contribution in [2.75, 3.05) is 20.2 Å². The van der Waals surface area contributed by atoms with Crippen LogP contribution < -0.4 is 4.74 Å². The van der Waals surface area contributed by atoms with Crippen molar-refractivity contribution in [2.24, 2.45) is 5.92 Å². The maximum atomic E-state index is 13.0. The molecule has 2 rings (SSSR count). The summed E-state index contributed by atoms with van der Waals surface area (Å²) in [6.45, 7) is 9.35. The summed E-state index contributed by atoms with van der Waals surface area (Å²) >= 11 is 0. The number of rotatable bonds is 4. The van der Waals surface area contributed by atoms with E-state index in [0.29, 0.717) is 23.9 Å². The molecule has 1 aliphatic heterocycles. The molecule has 0 N–H and O–H groups in total. The Hall–Kier alpha value is -1.07. The van der Waals surface area contributed by atoms with Crippen LogP contribution in [0.15, 0.2) is 17.0 Å². The summed E-state index contributed by atoms with van der Waals surface area (Å²) in [5, 5.41) is 0. The molecule has 124 valence electrons. The molecule has 4 nitrogen and oxygen atoms in total. The minimum atomic E-state index is -3.42. The summed E-state index contributed by atoms with van der Waals surface area (Å²) in [6, 6.07) is 3.64. The lowest BCUT2D eigenvalue weighted by molar-refractivity contribution is 0.288. The van der Waals surface area contributed by atoms with Crippen molar-refractivity contribution in [2.45, 2.75) is 51.3 Å². The normalized spacial score (nSPS) is 17.9. The van der Waals surface area contributed by atoms with Crippen molar-refractivity contribution in [1.82, 2.24) is 4.31 Å².